The Kier molecular flexibility index (Phi) is 5.06. The normalized spacial score (nSPS) is 13.0. The van der Waals surface area contributed by atoms with Gasteiger partial charge in [0.25, 0.3) is 5.91 Å². The standard InChI is InChI=1S/C18H20FN3O4/c1-10-3-5-13(12(19)9-10)20-17-15(18(25)21-26-8-7-23)11-4-6-14(24)16(11)22(17)2/h3,5,9,20,23H,4,6-8H2,1-2H3,(H,21,25). The molecular formula is C18H20FN3O4. The third-order valence-electron chi connectivity index (χ3n) is 4.32. The van der Waals surface area contributed by atoms with E-state index in [9.17, 15) is 14.0 Å². The van der Waals surface area contributed by atoms with Crippen molar-refractivity contribution in [3.05, 3.63) is 46.4 Å². The minimum atomic E-state index is -0.556. The lowest BCUT2D eigenvalue weighted by Gasteiger charge is -2.13. The molecule has 1 aromatic heterocycles. The van der Waals surface area contributed by atoms with Crippen molar-refractivity contribution in [1.82, 2.24) is 10.0 Å². The van der Waals surface area contributed by atoms with E-state index in [1.165, 1.54) is 6.07 Å². The van der Waals surface area contributed by atoms with Gasteiger partial charge in [0.1, 0.15) is 11.6 Å². The third kappa shape index (κ3) is 3.21. The van der Waals surface area contributed by atoms with E-state index in [4.69, 9.17) is 9.94 Å². The lowest BCUT2D eigenvalue weighted by Crippen LogP contribution is -2.26. The molecule has 0 saturated heterocycles. The second-order valence-corrected chi connectivity index (χ2v) is 6.14. The van der Waals surface area contributed by atoms with Crippen molar-refractivity contribution in [3.63, 3.8) is 0 Å². The van der Waals surface area contributed by atoms with Crippen LogP contribution in [0.1, 0.15) is 38.4 Å². The number of carbonyl (C=O) groups excluding carboxylic acids is 2. The number of anilines is 2. The number of halogens is 1. The number of fused-ring (bicyclic) bond motifs is 1. The number of carbonyl (C=O) groups is 2. The molecule has 0 saturated carbocycles. The van der Waals surface area contributed by atoms with E-state index in [1.807, 2.05) is 0 Å². The van der Waals surface area contributed by atoms with Gasteiger partial charge in [-0.05, 0) is 36.6 Å². The summed E-state index contributed by atoms with van der Waals surface area (Å²) in [6.07, 6.45) is 0.762. The molecule has 1 aromatic carbocycles. The molecule has 1 heterocycles. The number of aliphatic hydroxyl groups is 1. The molecule has 26 heavy (non-hydrogen) atoms. The van der Waals surface area contributed by atoms with Crippen molar-refractivity contribution >= 4 is 23.2 Å². The second-order valence-electron chi connectivity index (χ2n) is 6.14. The van der Waals surface area contributed by atoms with E-state index in [0.29, 0.717) is 29.9 Å². The zero-order valence-electron chi connectivity index (χ0n) is 14.6. The van der Waals surface area contributed by atoms with Crippen molar-refractivity contribution in [3.8, 4) is 0 Å². The predicted octanol–water partition coefficient (Wildman–Crippen LogP) is 2.00. The van der Waals surface area contributed by atoms with Crippen LogP contribution in [-0.2, 0) is 18.3 Å². The molecule has 0 spiro atoms. The molecule has 3 N–H and O–H groups in total. The number of rotatable bonds is 6. The van der Waals surface area contributed by atoms with Crippen LogP contribution in [0.15, 0.2) is 18.2 Å². The lowest BCUT2D eigenvalue weighted by atomic mass is 10.1. The summed E-state index contributed by atoms with van der Waals surface area (Å²) < 4.78 is 15.8. The first-order valence-electron chi connectivity index (χ1n) is 8.25. The van der Waals surface area contributed by atoms with E-state index in [1.54, 1.807) is 30.7 Å². The van der Waals surface area contributed by atoms with Crippen LogP contribution in [-0.4, -0.2) is 34.6 Å². The summed E-state index contributed by atoms with van der Waals surface area (Å²) >= 11 is 0. The molecule has 0 fully saturated rings. The predicted molar refractivity (Wildman–Crippen MR) is 93.0 cm³/mol. The maximum absolute atomic E-state index is 14.2. The Bertz CT molecular complexity index is 876. The summed E-state index contributed by atoms with van der Waals surface area (Å²) in [5.74, 6) is -0.762. The molecule has 138 valence electrons. The molecule has 0 aliphatic heterocycles. The summed E-state index contributed by atoms with van der Waals surface area (Å²) in [7, 11) is 1.65. The Labute approximate surface area is 149 Å². The van der Waals surface area contributed by atoms with E-state index in [-0.39, 0.29) is 30.2 Å². The first-order valence-corrected chi connectivity index (χ1v) is 8.25. The van der Waals surface area contributed by atoms with Gasteiger partial charge in [-0.3, -0.25) is 14.4 Å². The minimum absolute atomic E-state index is 0.0605. The molecule has 8 heteroatoms. The number of nitrogens with one attached hydrogen (secondary N) is 2. The summed E-state index contributed by atoms with van der Waals surface area (Å²) in [6.45, 7) is 1.47. The van der Waals surface area contributed by atoms with E-state index >= 15 is 0 Å². The van der Waals surface area contributed by atoms with Crippen molar-refractivity contribution in [2.24, 2.45) is 7.05 Å². The fraction of sp³-hybridized carbons (Fsp3) is 0.333. The van der Waals surface area contributed by atoms with Gasteiger partial charge in [-0.15, -0.1) is 0 Å². The largest absolute Gasteiger partial charge is 0.394 e. The van der Waals surface area contributed by atoms with Crippen LogP contribution in [0.25, 0.3) is 0 Å². The summed E-state index contributed by atoms with van der Waals surface area (Å²) in [4.78, 5) is 29.6. The topological polar surface area (TPSA) is 92.6 Å². The zero-order valence-corrected chi connectivity index (χ0v) is 14.6. The monoisotopic (exact) mass is 361 g/mol. The molecule has 3 rings (SSSR count). The Morgan fingerprint density at radius 3 is 2.85 bits per heavy atom. The lowest BCUT2D eigenvalue weighted by molar-refractivity contribution is 0.0168. The average molecular weight is 361 g/mol. The summed E-state index contributed by atoms with van der Waals surface area (Å²) in [6, 6.07) is 4.71. The van der Waals surface area contributed by atoms with Gasteiger partial charge in [-0.25, -0.2) is 9.87 Å². The van der Waals surface area contributed by atoms with Crippen LogP contribution in [0.2, 0.25) is 0 Å². The number of Topliss-reactive ketones (excluding diaryl/α,β-unsaturated/α-hetero) is 1. The summed E-state index contributed by atoms with van der Waals surface area (Å²) in [5, 5.41) is 11.7. The Hall–Kier alpha value is -2.71. The molecule has 0 atom stereocenters. The summed E-state index contributed by atoms with van der Waals surface area (Å²) in [5.41, 5.74) is 4.51. The van der Waals surface area contributed by atoms with Gasteiger partial charge in [-0.2, -0.15) is 0 Å². The maximum Gasteiger partial charge on any atom is 0.278 e. The van der Waals surface area contributed by atoms with Crippen LogP contribution in [0.3, 0.4) is 0 Å². The molecule has 0 unspecified atom stereocenters. The third-order valence-corrected chi connectivity index (χ3v) is 4.32. The van der Waals surface area contributed by atoms with Gasteiger partial charge in [0.15, 0.2) is 5.78 Å². The molecule has 1 aliphatic carbocycles. The van der Waals surface area contributed by atoms with Gasteiger partial charge in [-0.1, -0.05) is 6.07 Å². The first kappa shape index (κ1) is 18.1. The smallest absolute Gasteiger partial charge is 0.278 e. The van der Waals surface area contributed by atoms with Crippen LogP contribution in [0, 0.1) is 12.7 Å². The van der Waals surface area contributed by atoms with Crippen molar-refractivity contribution < 1.29 is 23.9 Å². The van der Waals surface area contributed by atoms with Crippen LogP contribution in [0.5, 0.6) is 0 Å². The highest BCUT2D eigenvalue weighted by Gasteiger charge is 2.33. The Morgan fingerprint density at radius 1 is 1.38 bits per heavy atom. The minimum Gasteiger partial charge on any atom is -0.394 e. The number of nitrogens with zero attached hydrogens (tertiary/aromatic N) is 1. The molecule has 0 radical (unpaired) electrons. The number of hydrogen-bond donors (Lipinski definition) is 3. The number of benzene rings is 1. The van der Waals surface area contributed by atoms with Crippen LogP contribution >= 0.6 is 0 Å². The highest BCUT2D eigenvalue weighted by atomic mass is 19.1. The number of aryl methyl sites for hydroxylation is 1. The van der Waals surface area contributed by atoms with E-state index in [2.05, 4.69) is 10.8 Å². The quantitative estimate of drug-likeness (QED) is 0.541. The Balaban J connectivity index is 2.02. The zero-order chi connectivity index (χ0) is 18.8. The fourth-order valence-corrected chi connectivity index (χ4v) is 3.15. The number of amides is 1. The van der Waals surface area contributed by atoms with Gasteiger partial charge in [0.05, 0.1) is 30.2 Å². The van der Waals surface area contributed by atoms with E-state index in [0.717, 1.165) is 5.56 Å². The van der Waals surface area contributed by atoms with Crippen molar-refractivity contribution in [1.29, 1.82) is 0 Å². The highest BCUT2D eigenvalue weighted by molar-refractivity contribution is 6.09. The molecule has 2 aromatic rings. The van der Waals surface area contributed by atoms with E-state index < -0.39 is 11.7 Å². The Morgan fingerprint density at radius 2 is 2.15 bits per heavy atom. The number of aliphatic hydroxyl groups excluding tert-OH is 1. The molecule has 1 amide bonds. The number of aromatic nitrogens is 1. The fourth-order valence-electron chi connectivity index (χ4n) is 3.15. The van der Waals surface area contributed by atoms with Crippen LogP contribution < -0.4 is 10.8 Å². The molecular weight excluding hydrogens is 341 g/mol. The van der Waals surface area contributed by atoms with Gasteiger partial charge < -0.3 is 15.0 Å². The molecule has 0 bridgehead atoms. The molecule has 1 aliphatic rings. The number of hydroxylamine groups is 1. The first-order chi connectivity index (χ1) is 12.4. The van der Waals surface area contributed by atoms with Crippen LogP contribution in [0.4, 0.5) is 15.9 Å². The highest BCUT2D eigenvalue weighted by Crippen LogP contribution is 2.35. The van der Waals surface area contributed by atoms with Gasteiger partial charge >= 0.3 is 0 Å². The maximum atomic E-state index is 14.2. The molecule has 7 nitrogen and oxygen atoms in total. The number of ketones is 1. The second kappa shape index (κ2) is 7.27. The van der Waals surface area contributed by atoms with Gasteiger partial charge in [0.2, 0.25) is 0 Å². The SMILES string of the molecule is Cc1ccc(Nc2c(C(=O)NOCCO)c3c(n2C)C(=O)CC3)c(F)c1. The van der Waals surface area contributed by atoms with Gasteiger partial charge in [0, 0.05) is 13.5 Å². The van der Waals surface area contributed by atoms with Crippen molar-refractivity contribution in [2.75, 3.05) is 18.5 Å². The average Bonchev–Trinajstić information content (AvgIpc) is 3.09. The number of hydrogen-bond acceptors (Lipinski definition) is 5. The van der Waals surface area contributed by atoms with Crippen molar-refractivity contribution in [2.45, 2.75) is 19.8 Å².